The average Bonchev–Trinajstić information content (AvgIpc) is 3.24. The summed E-state index contributed by atoms with van der Waals surface area (Å²) in [4.78, 5) is 51.9. The zero-order valence-corrected chi connectivity index (χ0v) is 19.1. The Balaban J connectivity index is 1.79. The van der Waals surface area contributed by atoms with Crippen molar-refractivity contribution in [2.24, 2.45) is 11.5 Å². The second-order valence-electron chi connectivity index (χ2n) is 8.33. The monoisotopic (exact) mass is 479 g/mol. The molecule has 0 unspecified atom stereocenters. The number of carboxylic acids is 1. The lowest BCUT2D eigenvalue weighted by Crippen LogP contribution is -2.55. The van der Waals surface area contributed by atoms with Crippen LogP contribution in [0.3, 0.4) is 0 Å². The van der Waals surface area contributed by atoms with Gasteiger partial charge < -0.3 is 32.2 Å². The summed E-state index contributed by atoms with van der Waals surface area (Å²) in [7, 11) is 0. The van der Waals surface area contributed by atoms with Crippen molar-refractivity contribution in [3.8, 4) is 0 Å². The minimum atomic E-state index is -1.20. The molecule has 35 heavy (non-hydrogen) atoms. The van der Waals surface area contributed by atoms with Crippen molar-refractivity contribution in [2.45, 2.75) is 43.8 Å². The number of aromatic nitrogens is 1. The van der Waals surface area contributed by atoms with Gasteiger partial charge in [0.15, 0.2) is 0 Å². The number of aliphatic carboxylic acids is 1. The van der Waals surface area contributed by atoms with Crippen molar-refractivity contribution in [3.05, 3.63) is 71.9 Å². The van der Waals surface area contributed by atoms with Crippen molar-refractivity contribution in [3.63, 3.8) is 0 Å². The highest BCUT2D eigenvalue weighted by molar-refractivity contribution is 5.93. The summed E-state index contributed by atoms with van der Waals surface area (Å²) in [6.07, 6.45) is 1.86. The Kier molecular flexibility index (Phi) is 8.58. The number of hydrogen-bond acceptors (Lipinski definition) is 5. The molecule has 8 N–H and O–H groups in total. The van der Waals surface area contributed by atoms with Gasteiger partial charge in [-0.05, 0) is 23.6 Å². The van der Waals surface area contributed by atoms with Crippen molar-refractivity contribution < 1.29 is 24.3 Å². The summed E-state index contributed by atoms with van der Waals surface area (Å²) in [6, 6.07) is 13.0. The van der Waals surface area contributed by atoms with Crippen LogP contribution in [-0.2, 0) is 32.0 Å². The first-order valence-corrected chi connectivity index (χ1v) is 11.2. The van der Waals surface area contributed by atoms with E-state index in [9.17, 15) is 24.3 Å². The van der Waals surface area contributed by atoms with Gasteiger partial charge in [-0.25, -0.2) is 4.79 Å². The smallest absolute Gasteiger partial charge is 0.326 e. The largest absolute Gasteiger partial charge is 0.480 e. The van der Waals surface area contributed by atoms with Crippen LogP contribution in [0.2, 0.25) is 0 Å². The van der Waals surface area contributed by atoms with Gasteiger partial charge in [-0.1, -0.05) is 48.5 Å². The van der Waals surface area contributed by atoms with Crippen LogP contribution < -0.4 is 22.1 Å². The molecule has 0 fully saturated rings. The van der Waals surface area contributed by atoms with E-state index in [1.807, 2.05) is 30.3 Å². The predicted molar refractivity (Wildman–Crippen MR) is 130 cm³/mol. The van der Waals surface area contributed by atoms with E-state index < -0.39 is 41.8 Å². The molecule has 0 spiro atoms. The fourth-order valence-corrected chi connectivity index (χ4v) is 3.76. The number of carbonyl (C=O) groups excluding carboxylic acids is 3. The number of aromatic amines is 1. The molecule has 0 saturated heterocycles. The number of benzene rings is 2. The van der Waals surface area contributed by atoms with E-state index in [1.165, 1.54) is 0 Å². The Morgan fingerprint density at radius 3 is 2.23 bits per heavy atom. The normalized spacial score (nSPS) is 13.5. The highest BCUT2D eigenvalue weighted by Crippen LogP contribution is 2.19. The molecule has 2 aromatic carbocycles. The number of fused-ring (bicyclic) bond motifs is 1. The number of rotatable bonds is 12. The number of primary amides is 1. The van der Waals surface area contributed by atoms with Gasteiger partial charge in [0.2, 0.25) is 17.7 Å². The van der Waals surface area contributed by atoms with E-state index in [0.29, 0.717) is 0 Å². The second kappa shape index (κ2) is 11.8. The fourth-order valence-electron chi connectivity index (χ4n) is 3.76. The average molecular weight is 480 g/mol. The lowest BCUT2D eigenvalue weighted by molar-refractivity contribution is -0.142. The number of carbonyl (C=O) groups is 4. The summed E-state index contributed by atoms with van der Waals surface area (Å²) in [5.74, 6) is -3.08. The number of hydrogen-bond donors (Lipinski definition) is 6. The van der Waals surface area contributed by atoms with Crippen LogP contribution in [0.25, 0.3) is 10.9 Å². The van der Waals surface area contributed by atoms with Crippen LogP contribution in [0.5, 0.6) is 0 Å². The van der Waals surface area contributed by atoms with Gasteiger partial charge in [-0.3, -0.25) is 14.4 Å². The van der Waals surface area contributed by atoms with Crippen LogP contribution >= 0.6 is 0 Å². The molecule has 184 valence electrons. The molecule has 0 aliphatic heterocycles. The fraction of sp³-hybridized carbons (Fsp3) is 0.280. The maximum atomic E-state index is 13.2. The maximum Gasteiger partial charge on any atom is 0.326 e. The molecule has 3 aromatic rings. The molecular formula is C25H29N5O5. The van der Waals surface area contributed by atoms with E-state index >= 15 is 0 Å². The first-order valence-electron chi connectivity index (χ1n) is 11.2. The first kappa shape index (κ1) is 25.4. The molecule has 3 amide bonds. The van der Waals surface area contributed by atoms with Gasteiger partial charge in [-0.2, -0.15) is 0 Å². The molecular weight excluding hydrogens is 450 g/mol. The molecule has 3 atom stereocenters. The number of nitrogens with one attached hydrogen (secondary N) is 3. The quantitative estimate of drug-likeness (QED) is 0.221. The minimum Gasteiger partial charge on any atom is -0.480 e. The van der Waals surface area contributed by atoms with E-state index in [0.717, 1.165) is 22.0 Å². The van der Waals surface area contributed by atoms with Crippen LogP contribution in [0.4, 0.5) is 0 Å². The topological polar surface area (TPSA) is 180 Å². The Hall–Kier alpha value is -4.18. The molecule has 0 aliphatic carbocycles. The molecule has 0 saturated carbocycles. The highest BCUT2D eigenvalue weighted by atomic mass is 16.4. The standard InChI is InChI=1S/C25H29N5O5/c26-18(10-11-22(27)31)23(32)29-20(13-16-14-28-19-9-5-4-8-17(16)19)24(33)30-21(25(34)35)12-15-6-2-1-3-7-15/h1-9,14,18,20-21,28H,10-13,26H2,(H2,27,31)(H,29,32)(H,30,33)(H,34,35)/t18-,20-,21-/m0/s1. The molecule has 0 radical (unpaired) electrons. The van der Waals surface area contributed by atoms with E-state index in [2.05, 4.69) is 15.6 Å². The number of amides is 3. The van der Waals surface area contributed by atoms with Gasteiger partial charge in [0.1, 0.15) is 12.1 Å². The van der Waals surface area contributed by atoms with Gasteiger partial charge in [0.25, 0.3) is 0 Å². The molecule has 0 bridgehead atoms. The van der Waals surface area contributed by atoms with Crippen LogP contribution in [-0.4, -0.2) is 51.9 Å². The van der Waals surface area contributed by atoms with Crippen molar-refractivity contribution in [1.82, 2.24) is 15.6 Å². The van der Waals surface area contributed by atoms with Crippen LogP contribution in [0, 0.1) is 0 Å². The Morgan fingerprint density at radius 1 is 0.886 bits per heavy atom. The lowest BCUT2D eigenvalue weighted by Gasteiger charge is -2.23. The summed E-state index contributed by atoms with van der Waals surface area (Å²) in [5, 5.41) is 15.7. The highest BCUT2D eigenvalue weighted by Gasteiger charge is 2.29. The SMILES string of the molecule is NC(=O)CC[C@H](N)C(=O)N[C@@H](Cc1c[nH]c2ccccc12)C(=O)N[C@@H](Cc1ccccc1)C(=O)O. The minimum absolute atomic E-state index is 0.0222. The molecule has 10 heteroatoms. The van der Waals surface area contributed by atoms with Crippen LogP contribution in [0.15, 0.2) is 60.8 Å². The predicted octanol–water partition coefficient (Wildman–Crippen LogP) is 0.600. The van der Waals surface area contributed by atoms with E-state index in [-0.39, 0.29) is 25.7 Å². The number of carboxylic acid groups (broad SMARTS) is 1. The zero-order valence-electron chi connectivity index (χ0n) is 19.1. The van der Waals surface area contributed by atoms with Gasteiger partial charge in [0, 0.05) is 36.4 Å². The zero-order chi connectivity index (χ0) is 25.4. The first-order chi connectivity index (χ1) is 16.7. The van der Waals surface area contributed by atoms with E-state index in [1.54, 1.807) is 30.5 Å². The Bertz CT molecular complexity index is 1190. The van der Waals surface area contributed by atoms with Crippen molar-refractivity contribution in [2.75, 3.05) is 0 Å². The molecule has 10 nitrogen and oxygen atoms in total. The van der Waals surface area contributed by atoms with Crippen LogP contribution in [0.1, 0.15) is 24.0 Å². The number of H-pyrrole nitrogens is 1. The summed E-state index contributed by atoms with van der Waals surface area (Å²) >= 11 is 0. The third kappa shape index (κ3) is 7.15. The van der Waals surface area contributed by atoms with Gasteiger partial charge >= 0.3 is 5.97 Å². The Labute approximate surface area is 202 Å². The third-order valence-electron chi connectivity index (χ3n) is 5.67. The summed E-state index contributed by atoms with van der Waals surface area (Å²) < 4.78 is 0. The second-order valence-corrected chi connectivity index (χ2v) is 8.33. The van der Waals surface area contributed by atoms with Gasteiger partial charge in [0.05, 0.1) is 6.04 Å². The molecule has 1 aromatic heterocycles. The summed E-state index contributed by atoms with van der Waals surface area (Å²) in [5.41, 5.74) is 13.4. The number of nitrogens with two attached hydrogens (primary N) is 2. The molecule has 0 aliphatic rings. The maximum absolute atomic E-state index is 13.2. The molecule has 1 heterocycles. The van der Waals surface area contributed by atoms with Crippen molar-refractivity contribution in [1.29, 1.82) is 0 Å². The van der Waals surface area contributed by atoms with E-state index in [4.69, 9.17) is 11.5 Å². The number of para-hydroxylation sites is 1. The Morgan fingerprint density at radius 2 is 1.54 bits per heavy atom. The van der Waals surface area contributed by atoms with Crippen molar-refractivity contribution >= 4 is 34.6 Å². The third-order valence-corrected chi connectivity index (χ3v) is 5.67. The van der Waals surface area contributed by atoms with Gasteiger partial charge in [-0.15, -0.1) is 0 Å². The molecule has 3 rings (SSSR count). The summed E-state index contributed by atoms with van der Waals surface area (Å²) in [6.45, 7) is 0. The lowest BCUT2D eigenvalue weighted by atomic mass is 10.0.